The Morgan fingerprint density at radius 2 is 1.89 bits per heavy atom. The molecule has 0 aliphatic carbocycles. The molecule has 0 amide bonds. The minimum absolute atomic E-state index is 0.0271. The van der Waals surface area contributed by atoms with Crippen LogP contribution >= 0.6 is 11.6 Å². The first-order valence-corrected chi connectivity index (χ1v) is 8.31. The van der Waals surface area contributed by atoms with E-state index in [1.807, 2.05) is 0 Å². The van der Waals surface area contributed by atoms with Gasteiger partial charge in [-0.1, -0.05) is 11.6 Å². The molecule has 9 heteroatoms. The van der Waals surface area contributed by atoms with Crippen molar-refractivity contribution in [2.75, 3.05) is 6.61 Å². The van der Waals surface area contributed by atoms with Crippen LogP contribution in [0.2, 0.25) is 5.02 Å². The van der Waals surface area contributed by atoms with E-state index in [9.17, 15) is 13.6 Å². The number of rotatable bonds is 6. The second-order valence-corrected chi connectivity index (χ2v) is 5.88. The summed E-state index contributed by atoms with van der Waals surface area (Å²) < 4.78 is 37.3. The molecule has 140 valence electrons. The molecule has 6 nitrogen and oxygen atoms in total. The summed E-state index contributed by atoms with van der Waals surface area (Å²) in [7, 11) is 0. The zero-order chi connectivity index (χ0) is 19.4. The molecule has 1 aromatic heterocycles. The summed E-state index contributed by atoms with van der Waals surface area (Å²) in [4.78, 5) is 12.0. The maximum Gasteiger partial charge on any atom is 0.361 e. The molecule has 2 aromatic carbocycles. The second kappa shape index (κ2) is 8.13. The standard InChI is InChI=1S/C18H14ClF2N3O3/c1-2-26-18(25)17-16(22-24-23-17)14-7-11(19)3-4-15(14)27-9-10-5-12(20)8-13(21)6-10/h3-8H,2,9H2,1H3,(H,22,23,24). The van der Waals surface area contributed by atoms with Crippen LogP contribution in [0.25, 0.3) is 11.3 Å². The van der Waals surface area contributed by atoms with Crippen LogP contribution in [-0.2, 0) is 11.3 Å². The van der Waals surface area contributed by atoms with Gasteiger partial charge in [0, 0.05) is 16.7 Å². The predicted molar refractivity (Wildman–Crippen MR) is 93.5 cm³/mol. The lowest BCUT2D eigenvalue weighted by Gasteiger charge is -2.11. The molecular weight excluding hydrogens is 380 g/mol. The zero-order valence-electron chi connectivity index (χ0n) is 14.1. The van der Waals surface area contributed by atoms with Crippen LogP contribution in [0.3, 0.4) is 0 Å². The Labute approximate surface area is 158 Å². The molecular formula is C18H14ClF2N3O3. The summed E-state index contributed by atoms with van der Waals surface area (Å²) in [5, 5.41) is 10.5. The summed E-state index contributed by atoms with van der Waals surface area (Å²) in [6, 6.07) is 7.80. The fraction of sp³-hybridized carbons (Fsp3) is 0.167. The number of halogens is 3. The Kier molecular flexibility index (Phi) is 5.66. The highest BCUT2D eigenvalue weighted by Gasteiger charge is 2.22. The molecule has 0 aliphatic rings. The average molecular weight is 394 g/mol. The third kappa shape index (κ3) is 4.40. The summed E-state index contributed by atoms with van der Waals surface area (Å²) in [5.74, 6) is -1.75. The lowest BCUT2D eigenvalue weighted by atomic mass is 10.1. The Bertz CT molecular complexity index is 958. The van der Waals surface area contributed by atoms with E-state index in [4.69, 9.17) is 21.1 Å². The summed E-state index contributed by atoms with van der Waals surface area (Å²) in [6.07, 6.45) is 0. The fourth-order valence-corrected chi connectivity index (χ4v) is 2.60. The molecule has 27 heavy (non-hydrogen) atoms. The molecule has 1 N–H and O–H groups in total. The van der Waals surface area contributed by atoms with Gasteiger partial charge in [-0.2, -0.15) is 10.3 Å². The van der Waals surface area contributed by atoms with Crippen LogP contribution in [-0.4, -0.2) is 28.0 Å². The molecule has 0 radical (unpaired) electrons. The SMILES string of the molecule is CCOC(=O)c1n[nH]nc1-c1cc(Cl)ccc1OCc1cc(F)cc(F)c1. The van der Waals surface area contributed by atoms with Gasteiger partial charge >= 0.3 is 5.97 Å². The quantitative estimate of drug-likeness (QED) is 0.636. The summed E-state index contributed by atoms with van der Waals surface area (Å²) in [5.41, 5.74) is 0.854. The molecule has 0 bridgehead atoms. The van der Waals surface area contributed by atoms with E-state index < -0.39 is 17.6 Å². The number of hydrogen-bond acceptors (Lipinski definition) is 5. The zero-order valence-corrected chi connectivity index (χ0v) is 14.9. The predicted octanol–water partition coefficient (Wildman–Crippen LogP) is 4.16. The van der Waals surface area contributed by atoms with E-state index in [0.717, 1.165) is 6.07 Å². The molecule has 3 aromatic rings. The number of aromatic amines is 1. The van der Waals surface area contributed by atoms with Crippen molar-refractivity contribution in [3.05, 3.63) is 64.3 Å². The Morgan fingerprint density at radius 3 is 2.59 bits per heavy atom. The van der Waals surface area contributed by atoms with Crippen molar-refractivity contribution in [2.45, 2.75) is 13.5 Å². The highest BCUT2D eigenvalue weighted by atomic mass is 35.5. The largest absolute Gasteiger partial charge is 0.488 e. The van der Waals surface area contributed by atoms with Crippen molar-refractivity contribution < 1.29 is 23.0 Å². The number of H-pyrrole nitrogens is 1. The van der Waals surface area contributed by atoms with E-state index >= 15 is 0 Å². The van der Waals surface area contributed by atoms with E-state index in [-0.39, 0.29) is 24.6 Å². The van der Waals surface area contributed by atoms with Gasteiger partial charge < -0.3 is 9.47 Å². The van der Waals surface area contributed by atoms with Gasteiger partial charge in [0.2, 0.25) is 0 Å². The summed E-state index contributed by atoms with van der Waals surface area (Å²) in [6.45, 7) is 1.74. The van der Waals surface area contributed by atoms with Crippen molar-refractivity contribution >= 4 is 17.6 Å². The van der Waals surface area contributed by atoms with Crippen LogP contribution in [0, 0.1) is 11.6 Å². The van der Waals surface area contributed by atoms with Crippen LogP contribution in [0.4, 0.5) is 8.78 Å². The lowest BCUT2D eigenvalue weighted by Crippen LogP contribution is -2.07. The molecule has 0 fully saturated rings. The number of hydrogen-bond donors (Lipinski definition) is 1. The number of nitrogens with one attached hydrogen (secondary N) is 1. The second-order valence-electron chi connectivity index (χ2n) is 5.45. The van der Waals surface area contributed by atoms with Crippen molar-refractivity contribution in [3.63, 3.8) is 0 Å². The topological polar surface area (TPSA) is 77.1 Å². The van der Waals surface area contributed by atoms with Gasteiger partial charge in [0.1, 0.15) is 29.7 Å². The van der Waals surface area contributed by atoms with Gasteiger partial charge in [0.15, 0.2) is 5.69 Å². The first-order chi connectivity index (χ1) is 13.0. The molecule has 3 rings (SSSR count). The minimum Gasteiger partial charge on any atom is -0.488 e. The number of carbonyl (C=O) groups excluding carboxylic acids is 1. The van der Waals surface area contributed by atoms with E-state index in [0.29, 0.717) is 21.9 Å². The van der Waals surface area contributed by atoms with E-state index in [1.54, 1.807) is 25.1 Å². The fourth-order valence-electron chi connectivity index (χ4n) is 2.43. The molecule has 0 unspecified atom stereocenters. The number of nitrogens with zero attached hydrogens (tertiary/aromatic N) is 2. The molecule has 0 atom stereocenters. The van der Waals surface area contributed by atoms with Crippen molar-refractivity contribution in [3.8, 4) is 17.0 Å². The maximum absolute atomic E-state index is 13.3. The number of ether oxygens (including phenoxy) is 2. The highest BCUT2D eigenvalue weighted by molar-refractivity contribution is 6.31. The van der Waals surface area contributed by atoms with Gasteiger partial charge in [0.05, 0.1) is 6.61 Å². The van der Waals surface area contributed by atoms with E-state index in [2.05, 4.69) is 15.4 Å². The average Bonchev–Trinajstić information content (AvgIpc) is 3.09. The minimum atomic E-state index is -0.703. The number of benzene rings is 2. The van der Waals surface area contributed by atoms with Gasteiger partial charge in [-0.3, -0.25) is 0 Å². The first kappa shape index (κ1) is 18.8. The van der Waals surface area contributed by atoms with Crippen LogP contribution in [0.5, 0.6) is 5.75 Å². The van der Waals surface area contributed by atoms with Crippen molar-refractivity contribution in [2.24, 2.45) is 0 Å². The molecule has 0 aliphatic heterocycles. The molecule has 0 spiro atoms. The van der Waals surface area contributed by atoms with Crippen LogP contribution < -0.4 is 4.74 Å². The van der Waals surface area contributed by atoms with Crippen LogP contribution in [0.15, 0.2) is 36.4 Å². The molecule has 1 heterocycles. The van der Waals surface area contributed by atoms with Crippen LogP contribution in [0.1, 0.15) is 23.0 Å². The van der Waals surface area contributed by atoms with Gasteiger partial charge in [-0.15, -0.1) is 5.10 Å². The van der Waals surface area contributed by atoms with Gasteiger partial charge in [-0.05, 0) is 42.8 Å². The number of carbonyl (C=O) groups is 1. The Hall–Kier alpha value is -3.00. The third-order valence-corrected chi connectivity index (χ3v) is 3.77. The van der Waals surface area contributed by atoms with Crippen molar-refractivity contribution in [1.82, 2.24) is 15.4 Å². The Balaban J connectivity index is 1.92. The normalized spacial score (nSPS) is 10.7. The third-order valence-electron chi connectivity index (χ3n) is 3.53. The number of esters is 1. The number of aromatic nitrogens is 3. The monoisotopic (exact) mass is 393 g/mol. The van der Waals surface area contributed by atoms with Gasteiger partial charge in [0.25, 0.3) is 0 Å². The van der Waals surface area contributed by atoms with E-state index in [1.165, 1.54) is 12.1 Å². The van der Waals surface area contributed by atoms with Gasteiger partial charge in [-0.25, -0.2) is 13.6 Å². The molecule has 0 saturated carbocycles. The summed E-state index contributed by atoms with van der Waals surface area (Å²) >= 11 is 6.06. The van der Waals surface area contributed by atoms with Crippen molar-refractivity contribution in [1.29, 1.82) is 0 Å². The highest BCUT2D eigenvalue weighted by Crippen LogP contribution is 2.33. The first-order valence-electron chi connectivity index (χ1n) is 7.93. The Morgan fingerprint density at radius 1 is 1.15 bits per heavy atom. The maximum atomic E-state index is 13.3. The molecule has 0 saturated heterocycles. The lowest BCUT2D eigenvalue weighted by molar-refractivity contribution is 0.0520. The smallest absolute Gasteiger partial charge is 0.361 e.